The van der Waals surface area contributed by atoms with Gasteiger partial charge in [0.25, 0.3) is 5.91 Å². The number of aromatic nitrogens is 2. The minimum absolute atomic E-state index is 0.0165. The third kappa shape index (κ3) is 4.60. The number of benzene rings is 1. The molecule has 7 nitrogen and oxygen atoms in total. The first-order valence-corrected chi connectivity index (χ1v) is 10.5. The number of halogens is 1. The minimum atomic E-state index is -3.10. The molecule has 0 radical (unpaired) electrons. The summed E-state index contributed by atoms with van der Waals surface area (Å²) in [5.74, 6) is 0.222. The molecule has 27 heavy (non-hydrogen) atoms. The van der Waals surface area contributed by atoms with Gasteiger partial charge in [0, 0.05) is 24.3 Å². The van der Waals surface area contributed by atoms with Gasteiger partial charge < -0.3 is 10.2 Å². The Bertz CT molecular complexity index is 948. The highest BCUT2D eigenvalue weighted by atomic mass is 32.2. The number of nitrogens with one attached hydrogen (secondary N) is 1. The number of nitrogens with zero attached hydrogens (tertiary/aromatic N) is 3. The van der Waals surface area contributed by atoms with Gasteiger partial charge in [0.05, 0.1) is 11.5 Å². The fourth-order valence-electron chi connectivity index (χ4n) is 3.16. The molecule has 0 bridgehead atoms. The smallest absolute Gasteiger partial charge is 0.272 e. The molecule has 0 aliphatic carbocycles. The minimum Gasteiger partial charge on any atom is -0.340 e. The van der Waals surface area contributed by atoms with Crippen molar-refractivity contribution in [2.24, 2.45) is 0 Å². The van der Waals surface area contributed by atoms with E-state index in [1.54, 1.807) is 24.0 Å². The Hall–Kier alpha value is -2.55. The van der Waals surface area contributed by atoms with Crippen molar-refractivity contribution in [3.63, 3.8) is 0 Å². The zero-order valence-electron chi connectivity index (χ0n) is 15.1. The average Bonchev–Trinajstić information content (AvgIpc) is 2.96. The van der Waals surface area contributed by atoms with Crippen molar-refractivity contribution in [2.45, 2.75) is 26.3 Å². The number of carbonyl (C=O) groups is 1. The number of carbonyl (C=O) groups excluding carboxylic acids is 1. The van der Waals surface area contributed by atoms with Crippen molar-refractivity contribution in [2.75, 3.05) is 23.4 Å². The lowest BCUT2D eigenvalue weighted by Crippen LogP contribution is -2.41. The third-order valence-corrected chi connectivity index (χ3v) is 6.17. The first-order valence-electron chi connectivity index (χ1n) is 8.67. The van der Waals surface area contributed by atoms with Crippen LogP contribution in [0.4, 0.5) is 15.9 Å². The Morgan fingerprint density at radius 3 is 2.59 bits per heavy atom. The molecule has 2 heterocycles. The van der Waals surface area contributed by atoms with Crippen molar-refractivity contribution in [1.82, 2.24) is 14.9 Å². The monoisotopic (exact) mass is 392 g/mol. The summed E-state index contributed by atoms with van der Waals surface area (Å²) in [5, 5.41) is 3.02. The average molecular weight is 392 g/mol. The van der Waals surface area contributed by atoms with Gasteiger partial charge in [0.1, 0.15) is 23.2 Å². The second-order valence-electron chi connectivity index (χ2n) is 6.47. The highest BCUT2D eigenvalue weighted by Crippen LogP contribution is 2.21. The maximum Gasteiger partial charge on any atom is 0.272 e. The Kier molecular flexibility index (Phi) is 5.41. The number of anilines is 2. The van der Waals surface area contributed by atoms with Crippen LogP contribution in [0.5, 0.6) is 0 Å². The molecule has 1 unspecified atom stereocenters. The molecular weight excluding hydrogens is 371 g/mol. The SMILES string of the molecule is CCN(C(=O)c1cc(Nc2ccc(F)cc2)nc(C)n1)C1CCS(=O)(=O)C1. The van der Waals surface area contributed by atoms with E-state index in [1.807, 2.05) is 6.92 Å². The van der Waals surface area contributed by atoms with Crippen LogP contribution < -0.4 is 5.32 Å². The molecule has 1 aromatic heterocycles. The maximum atomic E-state index is 13.0. The number of amides is 1. The molecule has 0 saturated carbocycles. The molecule has 2 aromatic rings. The van der Waals surface area contributed by atoms with Gasteiger partial charge >= 0.3 is 0 Å². The number of rotatable bonds is 5. The zero-order chi connectivity index (χ0) is 19.6. The molecule has 1 atom stereocenters. The van der Waals surface area contributed by atoms with Gasteiger partial charge in [-0.15, -0.1) is 0 Å². The van der Waals surface area contributed by atoms with Crippen LogP contribution in [0.25, 0.3) is 0 Å². The summed E-state index contributed by atoms with van der Waals surface area (Å²) in [7, 11) is -3.10. The molecule has 0 spiro atoms. The normalized spacial score (nSPS) is 18.3. The largest absolute Gasteiger partial charge is 0.340 e. The van der Waals surface area contributed by atoms with Crippen molar-refractivity contribution < 1.29 is 17.6 Å². The first kappa shape index (κ1) is 19.2. The second-order valence-corrected chi connectivity index (χ2v) is 8.69. The summed E-state index contributed by atoms with van der Waals surface area (Å²) in [4.78, 5) is 23.0. The van der Waals surface area contributed by atoms with Crippen LogP contribution in [0, 0.1) is 12.7 Å². The highest BCUT2D eigenvalue weighted by molar-refractivity contribution is 7.91. The number of aryl methyl sites for hydroxylation is 1. The Morgan fingerprint density at radius 2 is 2.00 bits per heavy atom. The van der Waals surface area contributed by atoms with E-state index in [0.29, 0.717) is 30.3 Å². The lowest BCUT2D eigenvalue weighted by Gasteiger charge is -2.26. The highest BCUT2D eigenvalue weighted by Gasteiger charge is 2.34. The molecule has 1 fully saturated rings. The molecule has 1 N–H and O–H groups in total. The summed E-state index contributed by atoms with van der Waals surface area (Å²) >= 11 is 0. The van der Waals surface area contributed by atoms with E-state index in [-0.39, 0.29) is 35.0 Å². The number of hydrogen-bond acceptors (Lipinski definition) is 6. The summed E-state index contributed by atoms with van der Waals surface area (Å²) in [5.41, 5.74) is 0.820. The van der Waals surface area contributed by atoms with E-state index in [0.717, 1.165) is 0 Å². The summed E-state index contributed by atoms with van der Waals surface area (Å²) in [6, 6.07) is 6.96. The number of sulfone groups is 1. The number of hydrogen-bond donors (Lipinski definition) is 1. The Labute approximate surface area is 157 Å². The molecule has 1 aliphatic rings. The molecule has 3 rings (SSSR count). The molecular formula is C18H21FN4O3S. The van der Waals surface area contributed by atoms with Gasteiger partial charge in [-0.1, -0.05) is 0 Å². The van der Waals surface area contributed by atoms with E-state index >= 15 is 0 Å². The van der Waals surface area contributed by atoms with Crippen LogP contribution in [-0.4, -0.2) is 53.3 Å². The van der Waals surface area contributed by atoms with Gasteiger partial charge in [-0.3, -0.25) is 4.79 Å². The fraction of sp³-hybridized carbons (Fsp3) is 0.389. The molecule has 1 aliphatic heterocycles. The topological polar surface area (TPSA) is 92.3 Å². The van der Waals surface area contributed by atoms with Gasteiger partial charge in [-0.25, -0.2) is 22.8 Å². The van der Waals surface area contributed by atoms with Crippen LogP contribution in [0.1, 0.15) is 29.7 Å². The lowest BCUT2D eigenvalue weighted by atomic mass is 10.2. The van der Waals surface area contributed by atoms with Crippen molar-refractivity contribution >= 4 is 27.2 Å². The van der Waals surface area contributed by atoms with Crippen LogP contribution in [0.2, 0.25) is 0 Å². The second kappa shape index (κ2) is 7.59. The van der Waals surface area contributed by atoms with Crippen LogP contribution in [0.3, 0.4) is 0 Å². The lowest BCUT2D eigenvalue weighted by molar-refractivity contribution is 0.0702. The van der Waals surface area contributed by atoms with E-state index in [4.69, 9.17) is 0 Å². The van der Waals surface area contributed by atoms with Gasteiger partial charge in [-0.2, -0.15) is 0 Å². The molecule has 1 saturated heterocycles. The van der Waals surface area contributed by atoms with Gasteiger partial charge in [0.2, 0.25) is 0 Å². The van der Waals surface area contributed by atoms with E-state index < -0.39 is 9.84 Å². The van der Waals surface area contributed by atoms with Gasteiger partial charge in [-0.05, 0) is 44.5 Å². The maximum absolute atomic E-state index is 13.0. The first-order chi connectivity index (χ1) is 12.8. The van der Waals surface area contributed by atoms with Crippen molar-refractivity contribution in [3.8, 4) is 0 Å². The standard InChI is InChI=1S/C18H21FN4O3S/c1-3-23(15-8-9-27(25,26)11-15)18(24)16-10-17(21-12(2)20-16)22-14-6-4-13(19)5-7-14/h4-7,10,15H,3,8-9,11H2,1-2H3,(H,20,21,22). The summed E-state index contributed by atoms with van der Waals surface area (Å²) in [6.07, 6.45) is 0.437. The predicted octanol–water partition coefficient (Wildman–Crippen LogP) is 2.32. The van der Waals surface area contributed by atoms with E-state index in [1.165, 1.54) is 18.2 Å². The van der Waals surface area contributed by atoms with E-state index in [9.17, 15) is 17.6 Å². The molecule has 9 heteroatoms. The molecule has 144 valence electrons. The van der Waals surface area contributed by atoms with E-state index in [2.05, 4.69) is 15.3 Å². The van der Waals surface area contributed by atoms with Crippen LogP contribution >= 0.6 is 0 Å². The van der Waals surface area contributed by atoms with Crippen molar-refractivity contribution in [1.29, 1.82) is 0 Å². The predicted molar refractivity (Wildman–Crippen MR) is 100 cm³/mol. The Balaban J connectivity index is 1.83. The zero-order valence-corrected chi connectivity index (χ0v) is 16.0. The summed E-state index contributed by atoms with van der Waals surface area (Å²) < 4.78 is 36.6. The Morgan fingerprint density at radius 1 is 1.30 bits per heavy atom. The molecule has 1 aromatic carbocycles. The third-order valence-electron chi connectivity index (χ3n) is 4.42. The van der Waals surface area contributed by atoms with Crippen LogP contribution in [-0.2, 0) is 9.84 Å². The fourth-order valence-corrected chi connectivity index (χ4v) is 4.89. The van der Waals surface area contributed by atoms with Crippen molar-refractivity contribution in [3.05, 3.63) is 47.7 Å². The molecule has 1 amide bonds. The van der Waals surface area contributed by atoms with Gasteiger partial charge in [0.15, 0.2) is 9.84 Å². The van der Waals surface area contributed by atoms with Crippen LogP contribution in [0.15, 0.2) is 30.3 Å². The summed E-state index contributed by atoms with van der Waals surface area (Å²) in [6.45, 7) is 3.88. The quantitative estimate of drug-likeness (QED) is 0.840.